The third kappa shape index (κ3) is 5.48. The first kappa shape index (κ1) is 23.6. The number of ketones is 1. The molecule has 1 aromatic carbocycles. The van der Waals surface area contributed by atoms with E-state index in [0.29, 0.717) is 21.2 Å². The Morgan fingerprint density at radius 2 is 1.80 bits per heavy atom. The lowest BCUT2D eigenvalue weighted by molar-refractivity contribution is -0.118. The van der Waals surface area contributed by atoms with Gasteiger partial charge in [-0.1, -0.05) is 38.5 Å². The molecule has 0 fully saturated rings. The van der Waals surface area contributed by atoms with Gasteiger partial charge in [-0.25, -0.2) is 4.79 Å². The molecule has 2 rings (SSSR count). The Hall–Kier alpha value is -2.67. The van der Waals surface area contributed by atoms with Crippen LogP contribution in [0.25, 0.3) is 0 Å². The Bertz CT molecular complexity index is 969. The number of hydrogen-bond donors (Lipinski definition) is 1. The minimum absolute atomic E-state index is 0.143. The van der Waals surface area contributed by atoms with Gasteiger partial charge in [0, 0.05) is 0 Å². The number of rotatable bonds is 7. The average Bonchev–Trinajstić information content (AvgIpc) is 2.96. The lowest BCUT2D eigenvalue weighted by Gasteiger charge is -2.23. The SMILES string of the molecule is CCOC(=O)c1c(NC(=O)COc2ccc(C)cc2C(C)(C)C)sc(C(C)=O)c1C. The molecule has 162 valence electrons. The fraction of sp³-hybridized carbons (Fsp3) is 0.435. The number of Topliss-reactive ketones (excluding diaryl/α,β-unsaturated/α-hetero) is 1. The molecule has 7 heteroatoms. The standard InChI is InChI=1S/C23H29NO5S/c1-8-28-22(27)19-14(3)20(15(4)25)30-21(19)24-18(26)12-29-17-10-9-13(2)11-16(17)23(5,6)7/h9-11H,8,12H2,1-7H3,(H,24,26). The average molecular weight is 432 g/mol. The Morgan fingerprint density at radius 1 is 1.13 bits per heavy atom. The number of amides is 1. The molecule has 0 spiro atoms. The highest BCUT2D eigenvalue weighted by molar-refractivity contribution is 7.18. The number of benzene rings is 1. The van der Waals surface area contributed by atoms with Gasteiger partial charge in [-0.15, -0.1) is 11.3 Å². The van der Waals surface area contributed by atoms with Gasteiger partial charge >= 0.3 is 5.97 Å². The van der Waals surface area contributed by atoms with E-state index in [0.717, 1.165) is 22.5 Å². The van der Waals surface area contributed by atoms with Crippen molar-refractivity contribution in [2.75, 3.05) is 18.5 Å². The number of esters is 1. The molecule has 0 aliphatic carbocycles. The Labute approximate surface area is 181 Å². The first-order chi connectivity index (χ1) is 14.0. The normalized spacial score (nSPS) is 11.2. The molecule has 0 atom stereocenters. The molecule has 0 saturated carbocycles. The van der Waals surface area contributed by atoms with Crippen molar-refractivity contribution in [1.82, 2.24) is 0 Å². The van der Waals surface area contributed by atoms with Gasteiger partial charge in [0.15, 0.2) is 12.4 Å². The molecule has 0 aliphatic rings. The summed E-state index contributed by atoms with van der Waals surface area (Å²) in [6, 6.07) is 5.84. The predicted molar refractivity (Wildman–Crippen MR) is 119 cm³/mol. The number of anilines is 1. The second kappa shape index (κ2) is 9.43. The molecule has 6 nitrogen and oxygen atoms in total. The van der Waals surface area contributed by atoms with Gasteiger partial charge < -0.3 is 14.8 Å². The van der Waals surface area contributed by atoms with Crippen LogP contribution in [0.3, 0.4) is 0 Å². The third-order valence-electron chi connectivity index (χ3n) is 4.50. The van der Waals surface area contributed by atoms with Crippen molar-refractivity contribution in [3.8, 4) is 5.75 Å². The molecule has 1 heterocycles. The van der Waals surface area contributed by atoms with Gasteiger partial charge in [0.2, 0.25) is 0 Å². The van der Waals surface area contributed by atoms with Crippen molar-refractivity contribution >= 4 is 34.0 Å². The summed E-state index contributed by atoms with van der Waals surface area (Å²) in [5.74, 6) is -0.518. The van der Waals surface area contributed by atoms with Crippen molar-refractivity contribution in [2.24, 2.45) is 0 Å². The van der Waals surface area contributed by atoms with Crippen molar-refractivity contribution < 1.29 is 23.9 Å². The largest absolute Gasteiger partial charge is 0.483 e. The first-order valence-corrected chi connectivity index (χ1v) is 10.6. The van der Waals surface area contributed by atoms with Crippen LogP contribution >= 0.6 is 11.3 Å². The van der Waals surface area contributed by atoms with E-state index in [1.54, 1.807) is 13.8 Å². The van der Waals surface area contributed by atoms with Gasteiger partial charge in [0.05, 0.1) is 17.0 Å². The van der Waals surface area contributed by atoms with Crippen molar-refractivity contribution in [1.29, 1.82) is 0 Å². The maximum Gasteiger partial charge on any atom is 0.341 e. The Kier molecular flexibility index (Phi) is 7.42. The summed E-state index contributed by atoms with van der Waals surface area (Å²) in [4.78, 5) is 37.2. The van der Waals surface area contributed by atoms with Gasteiger partial charge in [0.1, 0.15) is 10.8 Å². The van der Waals surface area contributed by atoms with Gasteiger partial charge in [0.25, 0.3) is 5.91 Å². The summed E-state index contributed by atoms with van der Waals surface area (Å²) in [5, 5.41) is 3.00. The van der Waals surface area contributed by atoms with Gasteiger partial charge in [-0.2, -0.15) is 0 Å². The molecule has 0 bridgehead atoms. The van der Waals surface area contributed by atoms with Crippen LogP contribution in [0.1, 0.15) is 71.3 Å². The van der Waals surface area contributed by atoms with Crippen LogP contribution < -0.4 is 10.1 Å². The molecule has 1 N–H and O–H groups in total. The van der Waals surface area contributed by atoms with E-state index in [1.807, 2.05) is 25.1 Å². The van der Waals surface area contributed by atoms with E-state index in [9.17, 15) is 14.4 Å². The third-order valence-corrected chi connectivity index (χ3v) is 5.81. The highest BCUT2D eigenvalue weighted by Gasteiger charge is 2.26. The lowest BCUT2D eigenvalue weighted by Crippen LogP contribution is -2.22. The van der Waals surface area contributed by atoms with Crippen LogP contribution in [0.15, 0.2) is 18.2 Å². The minimum atomic E-state index is -0.566. The van der Waals surface area contributed by atoms with Crippen LogP contribution in [0, 0.1) is 13.8 Å². The molecule has 0 radical (unpaired) electrons. The summed E-state index contributed by atoms with van der Waals surface area (Å²) in [7, 11) is 0. The molecule has 0 saturated heterocycles. The molecule has 0 aliphatic heterocycles. The minimum Gasteiger partial charge on any atom is -0.483 e. The first-order valence-electron chi connectivity index (χ1n) is 9.80. The fourth-order valence-corrected chi connectivity index (χ4v) is 4.15. The van der Waals surface area contributed by atoms with E-state index in [1.165, 1.54) is 6.92 Å². The second-order valence-corrected chi connectivity index (χ2v) is 9.14. The monoisotopic (exact) mass is 431 g/mol. The maximum atomic E-state index is 12.6. The van der Waals surface area contributed by atoms with Crippen molar-refractivity contribution in [3.05, 3.63) is 45.3 Å². The molecular weight excluding hydrogens is 402 g/mol. The molecular formula is C23H29NO5S. The molecule has 30 heavy (non-hydrogen) atoms. The topological polar surface area (TPSA) is 81.7 Å². The summed E-state index contributed by atoms with van der Waals surface area (Å²) < 4.78 is 10.9. The predicted octanol–water partition coefficient (Wildman–Crippen LogP) is 5.06. The highest BCUT2D eigenvalue weighted by atomic mass is 32.1. The van der Waals surface area contributed by atoms with Crippen LogP contribution in [-0.4, -0.2) is 30.9 Å². The van der Waals surface area contributed by atoms with Crippen molar-refractivity contribution in [3.63, 3.8) is 0 Å². The molecule has 0 unspecified atom stereocenters. The fourth-order valence-electron chi connectivity index (χ4n) is 3.05. The molecule has 1 amide bonds. The maximum absolute atomic E-state index is 12.6. The Balaban J connectivity index is 2.23. The number of ether oxygens (including phenoxy) is 2. The van der Waals surface area contributed by atoms with Crippen LogP contribution in [0.4, 0.5) is 5.00 Å². The quantitative estimate of drug-likeness (QED) is 0.489. The zero-order valence-electron chi connectivity index (χ0n) is 18.6. The highest BCUT2D eigenvalue weighted by Crippen LogP contribution is 2.35. The van der Waals surface area contributed by atoms with Crippen LogP contribution in [0.2, 0.25) is 0 Å². The number of carbonyl (C=O) groups excluding carboxylic acids is 3. The second-order valence-electron chi connectivity index (χ2n) is 8.12. The number of aryl methyl sites for hydroxylation is 1. The summed E-state index contributed by atoms with van der Waals surface area (Å²) in [6.07, 6.45) is 0. The van der Waals surface area contributed by atoms with E-state index in [4.69, 9.17) is 9.47 Å². The smallest absolute Gasteiger partial charge is 0.341 e. The van der Waals surface area contributed by atoms with E-state index < -0.39 is 11.9 Å². The summed E-state index contributed by atoms with van der Waals surface area (Å²) >= 11 is 1.07. The van der Waals surface area contributed by atoms with Crippen molar-refractivity contribution in [2.45, 2.75) is 53.9 Å². The molecule has 2 aromatic rings. The number of hydrogen-bond acceptors (Lipinski definition) is 6. The number of thiophene rings is 1. The Morgan fingerprint density at radius 3 is 2.37 bits per heavy atom. The van der Waals surface area contributed by atoms with E-state index >= 15 is 0 Å². The zero-order chi connectivity index (χ0) is 22.6. The molecule has 1 aromatic heterocycles. The number of nitrogens with one attached hydrogen (secondary N) is 1. The number of carbonyl (C=O) groups is 3. The van der Waals surface area contributed by atoms with E-state index in [2.05, 4.69) is 26.1 Å². The van der Waals surface area contributed by atoms with Gasteiger partial charge in [-0.05, 0) is 50.3 Å². The summed E-state index contributed by atoms with van der Waals surface area (Å²) in [6.45, 7) is 13.0. The van der Waals surface area contributed by atoms with Crippen LogP contribution in [-0.2, 0) is 14.9 Å². The summed E-state index contributed by atoms with van der Waals surface area (Å²) in [5.41, 5.74) is 2.70. The van der Waals surface area contributed by atoms with E-state index in [-0.39, 0.29) is 30.0 Å². The lowest BCUT2D eigenvalue weighted by atomic mass is 9.85. The van der Waals surface area contributed by atoms with Gasteiger partial charge in [-0.3, -0.25) is 9.59 Å². The zero-order valence-corrected chi connectivity index (χ0v) is 19.4. The van der Waals surface area contributed by atoms with Crippen LogP contribution in [0.5, 0.6) is 5.75 Å².